The first kappa shape index (κ1) is 23.0. The molecular weight excluding hydrogens is 418 g/mol. The summed E-state index contributed by atoms with van der Waals surface area (Å²) in [6, 6.07) is 15.9. The Morgan fingerprint density at radius 3 is 2.33 bits per heavy atom. The second-order valence-electron chi connectivity index (χ2n) is 8.71. The van der Waals surface area contributed by atoms with Crippen LogP contribution in [0.1, 0.15) is 52.5 Å². The molecule has 3 amide bonds. The van der Waals surface area contributed by atoms with Crippen LogP contribution in [0.3, 0.4) is 0 Å². The van der Waals surface area contributed by atoms with Crippen molar-refractivity contribution >= 4 is 17.7 Å². The number of nitrogens with one attached hydrogen (secondary N) is 1. The number of carbonyl (C=O) groups excluding carboxylic acids is 3. The molecule has 2 aliphatic rings. The summed E-state index contributed by atoms with van der Waals surface area (Å²) in [5.41, 5.74) is 1.25. The fourth-order valence-electron chi connectivity index (χ4n) is 4.70. The van der Waals surface area contributed by atoms with Gasteiger partial charge in [-0.1, -0.05) is 43.3 Å². The third-order valence-corrected chi connectivity index (χ3v) is 6.56. The number of likely N-dealkylation sites (tertiary alicyclic amines) is 1. The number of hydrogen-bond acceptors (Lipinski definition) is 4. The summed E-state index contributed by atoms with van der Waals surface area (Å²) in [5.74, 6) is -0.432. The number of ether oxygens (including phenoxy) is 1. The fourth-order valence-corrected chi connectivity index (χ4v) is 4.70. The molecule has 2 heterocycles. The van der Waals surface area contributed by atoms with Gasteiger partial charge in [0.05, 0.1) is 6.61 Å². The maximum absolute atomic E-state index is 13.6. The molecule has 0 bridgehead atoms. The number of aryl methyl sites for hydroxylation is 1. The van der Waals surface area contributed by atoms with Gasteiger partial charge >= 0.3 is 0 Å². The third-order valence-electron chi connectivity index (χ3n) is 6.56. The molecule has 2 aromatic rings. The smallest absolute Gasteiger partial charge is 0.256 e. The van der Waals surface area contributed by atoms with Gasteiger partial charge in [0.1, 0.15) is 11.8 Å². The van der Waals surface area contributed by atoms with E-state index in [1.165, 1.54) is 0 Å². The van der Waals surface area contributed by atoms with E-state index in [0.29, 0.717) is 43.6 Å². The molecule has 2 saturated heterocycles. The van der Waals surface area contributed by atoms with Crippen LogP contribution >= 0.6 is 0 Å². The van der Waals surface area contributed by atoms with Crippen molar-refractivity contribution in [3.05, 3.63) is 71.3 Å². The highest BCUT2D eigenvalue weighted by Crippen LogP contribution is 2.38. The molecule has 174 valence electrons. The van der Waals surface area contributed by atoms with Gasteiger partial charge in [-0.15, -0.1) is 0 Å². The van der Waals surface area contributed by atoms with Crippen molar-refractivity contribution in [1.82, 2.24) is 15.1 Å². The summed E-state index contributed by atoms with van der Waals surface area (Å²) < 4.78 is 6.21. The minimum absolute atomic E-state index is 0.0147. The zero-order valence-electron chi connectivity index (χ0n) is 19.3. The Balaban J connectivity index is 1.56. The predicted molar refractivity (Wildman–Crippen MR) is 125 cm³/mol. The molecule has 1 N–H and O–H groups in total. The van der Waals surface area contributed by atoms with Gasteiger partial charge < -0.3 is 15.0 Å². The molecule has 2 aromatic carbocycles. The molecule has 1 unspecified atom stereocenters. The molecule has 2 aliphatic heterocycles. The molecule has 4 rings (SSSR count). The molecular formula is C26H31N3O4. The van der Waals surface area contributed by atoms with Crippen LogP contribution in [0.25, 0.3) is 0 Å². The van der Waals surface area contributed by atoms with Crippen molar-refractivity contribution < 1.29 is 19.1 Å². The van der Waals surface area contributed by atoms with Crippen LogP contribution in [0.15, 0.2) is 54.6 Å². The molecule has 0 radical (unpaired) electrons. The van der Waals surface area contributed by atoms with Crippen LogP contribution in [0.2, 0.25) is 0 Å². The summed E-state index contributed by atoms with van der Waals surface area (Å²) in [6.45, 7) is 5.53. The summed E-state index contributed by atoms with van der Waals surface area (Å²) >= 11 is 0. The van der Waals surface area contributed by atoms with Crippen molar-refractivity contribution in [3.63, 3.8) is 0 Å². The molecule has 2 fully saturated rings. The van der Waals surface area contributed by atoms with E-state index >= 15 is 0 Å². The van der Waals surface area contributed by atoms with E-state index in [1.54, 1.807) is 17.0 Å². The zero-order chi connectivity index (χ0) is 23.4. The van der Waals surface area contributed by atoms with E-state index in [-0.39, 0.29) is 24.3 Å². The van der Waals surface area contributed by atoms with E-state index in [4.69, 9.17) is 4.74 Å². The van der Waals surface area contributed by atoms with Gasteiger partial charge in [-0.3, -0.25) is 19.3 Å². The molecule has 1 spiro atoms. The highest BCUT2D eigenvalue weighted by atomic mass is 16.5. The van der Waals surface area contributed by atoms with Gasteiger partial charge in [-0.25, -0.2) is 0 Å². The molecule has 7 heteroatoms. The average molecular weight is 450 g/mol. The van der Waals surface area contributed by atoms with E-state index in [9.17, 15) is 14.4 Å². The lowest BCUT2D eigenvalue weighted by molar-refractivity contribution is -0.128. The maximum atomic E-state index is 13.6. The lowest BCUT2D eigenvalue weighted by Crippen LogP contribution is -2.59. The monoisotopic (exact) mass is 449 g/mol. The molecule has 7 nitrogen and oxygen atoms in total. The first-order chi connectivity index (χ1) is 16.0. The van der Waals surface area contributed by atoms with Gasteiger partial charge in [0.2, 0.25) is 5.91 Å². The first-order valence-corrected chi connectivity index (χ1v) is 11.6. The molecule has 33 heavy (non-hydrogen) atoms. The topological polar surface area (TPSA) is 79.0 Å². The van der Waals surface area contributed by atoms with Crippen LogP contribution in [-0.2, 0) is 9.53 Å². The van der Waals surface area contributed by atoms with Crippen LogP contribution in [0, 0.1) is 6.92 Å². The van der Waals surface area contributed by atoms with Crippen LogP contribution in [0.4, 0.5) is 0 Å². The Bertz CT molecular complexity index is 1020. The second-order valence-corrected chi connectivity index (χ2v) is 8.71. The molecule has 0 aliphatic carbocycles. The zero-order valence-corrected chi connectivity index (χ0v) is 19.3. The number of nitrogens with zero attached hydrogens (tertiary/aromatic N) is 2. The fraction of sp³-hybridized carbons (Fsp3) is 0.423. The van der Waals surface area contributed by atoms with Crippen molar-refractivity contribution in [1.29, 1.82) is 0 Å². The van der Waals surface area contributed by atoms with Crippen LogP contribution < -0.4 is 5.32 Å². The third kappa shape index (κ3) is 4.50. The Labute approximate surface area is 194 Å². The van der Waals surface area contributed by atoms with Crippen molar-refractivity contribution in [2.75, 3.05) is 26.2 Å². The van der Waals surface area contributed by atoms with Crippen LogP contribution in [0.5, 0.6) is 0 Å². The van der Waals surface area contributed by atoms with E-state index < -0.39 is 11.8 Å². The predicted octanol–water partition coefficient (Wildman–Crippen LogP) is 2.99. The number of rotatable bonds is 5. The van der Waals surface area contributed by atoms with Gasteiger partial charge in [-0.2, -0.15) is 0 Å². The maximum Gasteiger partial charge on any atom is 0.256 e. The Morgan fingerprint density at radius 2 is 1.67 bits per heavy atom. The summed E-state index contributed by atoms with van der Waals surface area (Å²) in [4.78, 5) is 43.0. The van der Waals surface area contributed by atoms with E-state index in [2.05, 4.69) is 5.32 Å². The normalized spacial score (nSPS) is 19.5. The first-order valence-electron chi connectivity index (χ1n) is 11.6. The average Bonchev–Trinajstić information content (AvgIpc) is 3.21. The van der Waals surface area contributed by atoms with Gasteiger partial charge in [0.15, 0.2) is 0 Å². The van der Waals surface area contributed by atoms with Crippen molar-refractivity contribution in [2.24, 2.45) is 0 Å². The molecule has 1 atom stereocenters. The summed E-state index contributed by atoms with van der Waals surface area (Å²) in [7, 11) is 0. The minimum Gasteiger partial charge on any atom is -0.354 e. The standard InChI is InChI=1S/C26H31N3O4/c1-3-15-27-23(30)22-18-33-26(29(22)24(31)20-10-5-4-6-11-20)13-16-28(17-14-26)25(32)21-12-8-7-9-19(21)2/h4-12,22H,3,13-18H2,1-2H3,(H,27,30). The van der Waals surface area contributed by atoms with Crippen LogP contribution in [-0.4, -0.2) is 65.5 Å². The number of piperidine rings is 1. The largest absolute Gasteiger partial charge is 0.354 e. The van der Waals surface area contributed by atoms with E-state index in [0.717, 1.165) is 12.0 Å². The molecule has 0 saturated carbocycles. The number of benzene rings is 2. The van der Waals surface area contributed by atoms with Crippen molar-refractivity contribution in [2.45, 2.75) is 44.9 Å². The Hall–Kier alpha value is -3.19. The number of carbonyl (C=O) groups is 3. The highest BCUT2D eigenvalue weighted by molar-refractivity contribution is 5.98. The Morgan fingerprint density at radius 1 is 1.00 bits per heavy atom. The van der Waals surface area contributed by atoms with Crippen molar-refractivity contribution in [3.8, 4) is 0 Å². The highest BCUT2D eigenvalue weighted by Gasteiger charge is 2.54. The lowest BCUT2D eigenvalue weighted by Gasteiger charge is -2.44. The number of hydrogen-bond donors (Lipinski definition) is 1. The Kier molecular flexibility index (Phi) is 6.79. The number of amides is 3. The second kappa shape index (κ2) is 9.75. The van der Waals surface area contributed by atoms with Gasteiger partial charge in [0.25, 0.3) is 11.8 Å². The quantitative estimate of drug-likeness (QED) is 0.761. The minimum atomic E-state index is -0.899. The summed E-state index contributed by atoms with van der Waals surface area (Å²) in [6.07, 6.45) is 1.73. The lowest BCUT2D eigenvalue weighted by atomic mass is 9.95. The van der Waals surface area contributed by atoms with Gasteiger partial charge in [-0.05, 0) is 37.1 Å². The molecule has 0 aromatic heterocycles. The van der Waals surface area contributed by atoms with E-state index in [1.807, 2.05) is 61.2 Å². The SMILES string of the molecule is CCCNC(=O)C1COC2(CCN(C(=O)c3ccccc3C)CC2)N1C(=O)c1ccccc1. The summed E-state index contributed by atoms with van der Waals surface area (Å²) in [5, 5.41) is 2.91. The van der Waals surface area contributed by atoms with Gasteiger partial charge in [0, 0.05) is 43.6 Å².